The number of rotatable bonds is 0. The van der Waals surface area contributed by atoms with Crippen molar-refractivity contribution in [3.8, 4) is 0 Å². The molecule has 2 aliphatic rings. The minimum absolute atomic E-state index is 0.0941. The summed E-state index contributed by atoms with van der Waals surface area (Å²) in [5.74, 6) is 0. The van der Waals surface area contributed by atoms with E-state index >= 15 is 0 Å². The molecule has 17 heavy (non-hydrogen) atoms. The molecule has 1 N–H and O–H groups in total. The van der Waals surface area contributed by atoms with Crippen molar-refractivity contribution in [1.29, 1.82) is 0 Å². The van der Waals surface area contributed by atoms with Crippen molar-refractivity contribution in [2.24, 2.45) is 0 Å². The van der Waals surface area contributed by atoms with Crippen molar-refractivity contribution in [2.75, 3.05) is 13.2 Å². The van der Waals surface area contributed by atoms with Gasteiger partial charge in [-0.25, -0.2) is 0 Å². The molecule has 1 saturated heterocycles. The Morgan fingerprint density at radius 2 is 2.35 bits per heavy atom. The molecule has 2 nitrogen and oxygen atoms in total. The van der Waals surface area contributed by atoms with Crippen LogP contribution in [0.5, 0.6) is 0 Å². The summed E-state index contributed by atoms with van der Waals surface area (Å²) < 4.78 is 6.16. The summed E-state index contributed by atoms with van der Waals surface area (Å²) in [6.07, 6.45) is 3.10. The van der Waals surface area contributed by atoms with Gasteiger partial charge in [0.15, 0.2) is 0 Å². The van der Waals surface area contributed by atoms with Gasteiger partial charge in [-0.3, -0.25) is 0 Å². The summed E-state index contributed by atoms with van der Waals surface area (Å²) in [7, 11) is 0. The van der Waals surface area contributed by atoms with E-state index < -0.39 is 0 Å². The molecule has 0 saturated carbocycles. The van der Waals surface area contributed by atoms with Crippen molar-refractivity contribution < 1.29 is 4.74 Å². The Morgan fingerprint density at radius 1 is 1.47 bits per heavy atom. The first-order valence-corrected chi connectivity index (χ1v) is 6.74. The second kappa shape index (κ2) is 4.27. The number of halogens is 1. The lowest BCUT2D eigenvalue weighted by molar-refractivity contribution is -0.0879. The quantitative estimate of drug-likeness (QED) is 0.766. The third-order valence-corrected chi connectivity index (χ3v) is 4.21. The van der Waals surface area contributed by atoms with Crippen LogP contribution >= 0.6 is 11.6 Å². The first kappa shape index (κ1) is 11.5. The second-order valence-electron chi connectivity index (χ2n) is 5.20. The predicted molar refractivity (Wildman–Crippen MR) is 69.5 cm³/mol. The van der Waals surface area contributed by atoms with Crippen molar-refractivity contribution in [3.05, 3.63) is 34.3 Å². The Kier molecular flexibility index (Phi) is 2.89. The number of nitrogens with one attached hydrogen (secondary N) is 1. The second-order valence-corrected chi connectivity index (χ2v) is 5.64. The van der Waals surface area contributed by atoms with Gasteiger partial charge in [0, 0.05) is 11.1 Å². The van der Waals surface area contributed by atoms with Crippen molar-refractivity contribution in [3.63, 3.8) is 0 Å². The van der Waals surface area contributed by atoms with Gasteiger partial charge in [-0.1, -0.05) is 17.7 Å². The van der Waals surface area contributed by atoms with Crippen LogP contribution < -0.4 is 5.32 Å². The summed E-state index contributed by atoms with van der Waals surface area (Å²) in [6.45, 7) is 4.08. The fourth-order valence-electron chi connectivity index (χ4n) is 3.19. The van der Waals surface area contributed by atoms with Crippen molar-refractivity contribution in [2.45, 2.75) is 37.8 Å². The van der Waals surface area contributed by atoms with Gasteiger partial charge in [0.1, 0.15) is 0 Å². The van der Waals surface area contributed by atoms with Gasteiger partial charge >= 0.3 is 0 Å². The van der Waals surface area contributed by atoms with E-state index in [0.29, 0.717) is 6.04 Å². The Bertz CT molecular complexity index is 434. The topological polar surface area (TPSA) is 21.3 Å². The van der Waals surface area contributed by atoms with Crippen molar-refractivity contribution in [1.82, 2.24) is 5.32 Å². The van der Waals surface area contributed by atoms with Gasteiger partial charge in [0.25, 0.3) is 0 Å². The summed E-state index contributed by atoms with van der Waals surface area (Å²) >= 11 is 6.14. The molecule has 2 aliphatic heterocycles. The van der Waals surface area contributed by atoms with Gasteiger partial charge in [-0.05, 0) is 56.0 Å². The van der Waals surface area contributed by atoms with Crippen LogP contribution in [0.2, 0.25) is 5.02 Å². The van der Waals surface area contributed by atoms with E-state index in [1.807, 2.05) is 6.07 Å². The van der Waals surface area contributed by atoms with Crippen LogP contribution in [0.4, 0.5) is 0 Å². The molecule has 1 aromatic carbocycles. The number of hydrogen-bond acceptors (Lipinski definition) is 2. The summed E-state index contributed by atoms with van der Waals surface area (Å²) in [5.41, 5.74) is 2.64. The number of hydrogen-bond donors (Lipinski definition) is 1. The minimum atomic E-state index is -0.0941. The largest absolute Gasteiger partial charge is 0.370 e. The molecule has 0 aliphatic carbocycles. The minimum Gasteiger partial charge on any atom is -0.370 e. The van der Waals surface area contributed by atoms with Crippen LogP contribution in [-0.2, 0) is 16.8 Å². The normalized spacial score (nSPS) is 32.5. The maximum Gasteiger partial charge on any atom is 0.0961 e. The molecule has 2 heterocycles. The molecule has 1 aromatic rings. The third-order valence-electron chi connectivity index (χ3n) is 3.97. The van der Waals surface area contributed by atoms with E-state index in [0.717, 1.165) is 37.4 Å². The van der Waals surface area contributed by atoms with Gasteiger partial charge in [-0.15, -0.1) is 0 Å². The van der Waals surface area contributed by atoms with Gasteiger partial charge in [-0.2, -0.15) is 0 Å². The zero-order valence-corrected chi connectivity index (χ0v) is 10.9. The number of benzene rings is 1. The van der Waals surface area contributed by atoms with E-state index in [-0.39, 0.29) is 5.60 Å². The fraction of sp³-hybridized carbons (Fsp3) is 0.571. The number of ether oxygens (including phenoxy) is 1. The average molecular weight is 252 g/mol. The molecule has 0 aromatic heterocycles. The molecule has 2 atom stereocenters. The Balaban J connectivity index is 2.05. The maximum absolute atomic E-state index is 6.16. The highest BCUT2D eigenvalue weighted by Gasteiger charge is 2.41. The molecular weight excluding hydrogens is 234 g/mol. The lowest BCUT2D eigenvalue weighted by Gasteiger charge is -2.44. The third kappa shape index (κ3) is 1.99. The highest BCUT2D eigenvalue weighted by molar-refractivity contribution is 6.30. The summed E-state index contributed by atoms with van der Waals surface area (Å²) in [5, 5.41) is 4.31. The molecule has 3 rings (SSSR count). The molecular formula is C14H18ClNO. The molecule has 0 radical (unpaired) electrons. The van der Waals surface area contributed by atoms with E-state index in [4.69, 9.17) is 16.3 Å². The average Bonchev–Trinajstić information content (AvgIpc) is 2.30. The van der Waals surface area contributed by atoms with Gasteiger partial charge in [0.05, 0.1) is 12.2 Å². The highest BCUT2D eigenvalue weighted by Crippen LogP contribution is 2.42. The van der Waals surface area contributed by atoms with E-state index in [2.05, 4.69) is 24.4 Å². The molecule has 1 unspecified atom stereocenters. The highest BCUT2D eigenvalue weighted by atomic mass is 35.5. The molecule has 92 valence electrons. The molecule has 3 heteroatoms. The van der Waals surface area contributed by atoms with Crippen LogP contribution in [0.15, 0.2) is 18.2 Å². The number of fused-ring (bicyclic) bond motifs is 2. The fourth-order valence-corrected chi connectivity index (χ4v) is 3.36. The SMILES string of the molecule is C[C@H]1CC2(CCN1)OCCc1ccc(Cl)cc12. The van der Waals surface area contributed by atoms with Crippen LogP contribution in [0.25, 0.3) is 0 Å². The van der Waals surface area contributed by atoms with Crippen LogP contribution in [0, 0.1) is 0 Å². The van der Waals surface area contributed by atoms with E-state index in [9.17, 15) is 0 Å². The van der Waals surface area contributed by atoms with Gasteiger partial charge < -0.3 is 10.1 Å². The lowest BCUT2D eigenvalue weighted by atomic mass is 9.78. The van der Waals surface area contributed by atoms with Crippen molar-refractivity contribution >= 4 is 11.6 Å². The van der Waals surface area contributed by atoms with Crippen LogP contribution in [0.3, 0.4) is 0 Å². The van der Waals surface area contributed by atoms with Gasteiger partial charge in [0.2, 0.25) is 0 Å². The standard InChI is InChI=1S/C14H18ClNO/c1-10-9-14(5-6-16-10)13-8-12(15)3-2-11(13)4-7-17-14/h2-3,8,10,16H,4-7,9H2,1H3/t10-,14?/m0/s1. The smallest absolute Gasteiger partial charge is 0.0961 e. The maximum atomic E-state index is 6.16. The number of piperidine rings is 1. The first-order chi connectivity index (χ1) is 8.20. The molecule has 0 bridgehead atoms. The molecule has 1 fully saturated rings. The first-order valence-electron chi connectivity index (χ1n) is 6.36. The Hall–Kier alpha value is -0.570. The Labute approximate surface area is 107 Å². The van der Waals surface area contributed by atoms with E-state index in [1.165, 1.54) is 11.1 Å². The van der Waals surface area contributed by atoms with Crippen LogP contribution in [-0.4, -0.2) is 19.2 Å². The summed E-state index contributed by atoms with van der Waals surface area (Å²) in [6, 6.07) is 6.76. The van der Waals surface area contributed by atoms with E-state index in [1.54, 1.807) is 0 Å². The zero-order chi connectivity index (χ0) is 11.9. The molecule has 1 spiro atoms. The van der Waals surface area contributed by atoms with Crippen LogP contribution in [0.1, 0.15) is 30.9 Å². The zero-order valence-electron chi connectivity index (χ0n) is 10.1. The summed E-state index contributed by atoms with van der Waals surface area (Å²) in [4.78, 5) is 0. The Morgan fingerprint density at radius 3 is 3.18 bits per heavy atom. The monoisotopic (exact) mass is 251 g/mol. The predicted octanol–water partition coefficient (Wildman–Crippen LogP) is 2.88. The lowest BCUT2D eigenvalue weighted by Crippen LogP contribution is -2.48. The molecule has 0 amide bonds.